The van der Waals surface area contributed by atoms with Crippen LogP contribution in [0.1, 0.15) is 15.9 Å². The van der Waals surface area contributed by atoms with Crippen LogP contribution >= 0.6 is 0 Å². The molecule has 1 aromatic carbocycles. The first-order valence-electron chi connectivity index (χ1n) is 8.27. The monoisotopic (exact) mass is 352 g/mol. The van der Waals surface area contributed by atoms with Crippen molar-refractivity contribution >= 4 is 23.4 Å². The van der Waals surface area contributed by atoms with E-state index in [0.717, 1.165) is 13.1 Å². The third kappa shape index (κ3) is 3.90. The first-order valence-corrected chi connectivity index (χ1v) is 8.27. The van der Waals surface area contributed by atoms with Crippen LogP contribution in [-0.4, -0.2) is 56.3 Å². The van der Waals surface area contributed by atoms with E-state index in [1.54, 1.807) is 30.5 Å². The minimum atomic E-state index is -0.277. The molecular weight excluding hydrogens is 332 g/mol. The summed E-state index contributed by atoms with van der Waals surface area (Å²) in [6, 6.07) is 8.49. The predicted octanol–water partition coefficient (Wildman–Crippen LogP) is 1.50. The van der Waals surface area contributed by atoms with Crippen LogP contribution in [0, 0.1) is 11.3 Å². The fourth-order valence-electron chi connectivity index (χ4n) is 2.60. The van der Waals surface area contributed by atoms with Crippen molar-refractivity contribution in [1.82, 2.24) is 9.97 Å². The maximum atomic E-state index is 12.5. The van der Waals surface area contributed by atoms with Gasteiger partial charge in [-0.3, -0.25) is 4.79 Å². The van der Waals surface area contributed by atoms with Crippen LogP contribution in [0.4, 0.5) is 17.5 Å². The van der Waals surface area contributed by atoms with Gasteiger partial charge in [-0.15, -0.1) is 0 Å². The summed E-state index contributed by atoms with van der Waals surface area (Å²) in [5.74, 6) is 0.970. The van der Waals surface area contributed by atoms with E-state index in [4.69, 9.17) is 10.00 Å². The average molecular weight is 352 g/mol. The summed E-state index contributed by atoms with van der Waals surface area (Å²) in [5, 5.41) is 11.7. The number of carbonyl (C=O) groups is 1. The number of benzene rings is 1. The Kier molecular flexibility index (Phi) is 5.29. The lowest BCUT2D eigenvalue weighted by Crippen LogP contribution is -2.37. The number of rotatable bonds is 4. The quantitative estimate of drug-likeness (QED) is 0.891. The molecule has 2 aromatic rings. The molecule has 26 heavy (non-hydrogen) atoms. The molecule has 134 valence electrons. The Labute approximate surface area is 152 Å². The number of amides is 1. The van der Waals surface area contributed by atoms with Gasteiger partial charge in [0.25, 0.3) is 5.91 Å². The van der Waals surface area contributed by atoms with Crippen LogP contribution in [0.5, 0.6) is 0 Å². The molecule has 3 rings (SSSR count). The lowest BCUT2D eigenvalue weighted by molar-refractivity contribution is 0.102. The molecular formula is C18H20N6O2. The number of carbonyl (C=O) groups excluding carboxylic acids is 1. The van der Waals surface area contributed by atoms with Gasteiger partial charge in [0.2, 0.25) is 5.95 Å². The Hall–Kier alpha value is -3.18. The number of aromatic nitrogens is 2. The molecule has 1 aromatic heterocycles. The van der Waals surface area contributed by atoms with E-state index < -0.39 is 0 Å². The highest BCUT2D eigenvalue weighted by Crippen LogP contribution is 2.24. The van der Waals surface area contributed by atoms with Crippen LogP contribution < -0.4 is 15.1 Å². The third-order valence-electron chi connectivity index (χ3n) is 4.00. The van der Waals surface area contributed by atoms with Gasteiger partial charge in [0.1, 0.15) is 5.69 Å². The van der Waals surface area contributed by atoms with Crippen molar-refractivity contribution < 1.29 is 9.53 Å². The second-order valence-corrected chi connectivity index (χ2v) is 6.04. The third-order valence-corrected chi connectivity index (χ3v) is 4.00. The van der Waals surface area contributed by atoms with E-state index in [-0.39, 0.29) is 5.91 Å². The summed E-state index contributed by atoms with van der Waals surface area (Å²) < 4.78 is 5.36. The maximum Gasteiger partial charge on any atom is 0.255 e. The molecule has 1 N–H and O–H groups in total. The first-order chi connectivity index (χ1) is 12.6. The van der Waals surface area contributed by atoms with Crippen LogP contribution in [0.2, 0.25) is 0 Å². The molecule has 1 fully saturated rings. The van der Waals surface area contributed by atoms with Crippen LogP contribution in [0.15, 0.2) is 30.5 Å². The largest absolute Gasteiger partial charge is 0.378 e. The lowest BCUT2D eigenvalue weighted by atomic mass is 10.1. The average Bonchev–Trinajstić information content (AvgIpc) is 2.68. The molecule has 1 saturated heterocycles. The van der Waals surface area contributed by atoms with Gasteiger partial charge >= 0.3 is 0 Å². The highest BCUT2D eigenvalue weighted by molar-refractivity contribution is 6.05. The molecule has 8 heteroatoms. The van der Waals surface area contributed by atoms with Gasteiger partial charge < -0.3 is 19.9 Å². The fraction of sp³-hybridized carbons (Fsp3) is 0.333. The summed E-state index contributed by atoms with van der Waals surface area (Å²) in [7, 11) is 3.73. The molecule has 0 spiro atoms. The fourth-order valence-corrected chi connectivity index (χ4v) is 2.60. The highest BCUT2D eigenvalue weighted by atomic mass is 16.5. The summed E-state index contributed by atoms with van der Waals surface area (Å²) in [6.45, 7) is 2.78. The van der Waals surface area contributed by atoms with E-state index in [0.29, 0.717) is 41.8 Å². The van der Waals surface area contributed by atoms with Gasteiger partial charge in [-0.25, -0.2) is 4.98 Å². The minimum absolute atomic E-state index is 0.277. The van der Waals surface area contributed by atoms with Gasteiger partial charge in [-0.1, -0.05) is 0 Å². The van der Waals surface area contributed by atoms with E-state index in [2.05, 4.69) is 20.2 Å². The Balaban J connectivity index is 1.81. The molecule has 8 nitrogen and oxygen atoms in total. The Morgan fingerprint density at radius 2 is 1.96 bits per heavy atom. The van der Waals surface area contributed by atoms with Crippen molar-refractivity contribution in [3.05, 3.63) is 41.6 Å². The zero-order valence-electron chi connectivity index (χ0n) is 14.8. The molecule has 0 saturated carbocycles. The molecule has 1 amide bonds. The maximum absolute atomic E-state index is 12.5. The zero-order valence-corrected chi connectivity index (χ0v) is 14.8. The standard InChI is InChI=1S/C18H20N6O2/c1-23(2)16-15(12-20-18(22-16)24-7-9-26-10-8-24)21-17(25)14-5-3-13(11-19)4-6-14/h3-6,12H,7-10H2,1-2H3,(H,21,25). The summed E-state index contributed by atoms with van der Waals surface area (Å²) in [5.41, 5.74) is 1.50. The molecule has 0 unspecified atom stereocenters. The van der Waals surface area contributed by atoms with Crippen molar-refractivity contribution in [1.29, 1.82) is 5.26 Å². The molecule has 0 radical (unpaired) electrons. The van der Waals surface area contributed by atoms with Gasteiger partial charge in [0, 0.05) is 32.7 Å². The van der Waals surface area contributed by atoms with Crippen molar-refractivity contribution in [3.63, 3.8) is 0 Å². The molecule has 0 aliphatic carbocycles. The number of anilines is 3. The lowest BCUT2D eigenvalue weighted by Gasteiger charge is -2.28. The minimum Gasteiger partial charge on any atom is -0.378 e. The molecule has 0 bridgehead atoms. The number of nitrogens with zero attached hydrogens (tertiary/aromatic N) is 5. The first kappa shape index (κ1) is 17.6. The van der Waals surface area contributed by atoms with Crippen LogP contribution in [0.3, 0.4) is 0 Å². The molecule has 0 atom stereocenters. The van der Waals surface area contributed by atoms with E-state index in [1.165, 1.54) is 0 Å². The highest BCUT2D eigenvalue weighted by Gasteiger charge is 2.18. The Morgan fingerprint density at radius 3 is 2.58 bits per heavy atom. The molecule has 1 aliphatic rings. The van der Waals surface area contributed by atoms with Gasteiger partial charge in [-0.2, -0.15) is 10.2 Å². The number of morpholine rings is 1. The van der Waals surface area contributed by atoms with E-state index >= 15 is 0 Å². The van der Waals surface area contributed by atoms with Crippen molar-refractivity contribution in [3.8, 4) is 6.07 Å². The topological polar surface area (TPSA) is 94.4 Å². The molecule has 1 aliphatic heterocycles. The predicted molar refractivity (Wildman–Crippen MR) is 98.5 cm³/mol. The number of hydrogen-bond acceptors (Lipinski definition) is 7. The SMILES string of the molecule is CN(C)c1nc(N2CCOCC2)ncc1NC(=O)c1ccc(C#N)cc1. The van der Waals surface area contributed by atoms with Gasteiger partial charge in [0.15, 0.2) is 5.82 Å². The van der Waals surface area contributed by atoms with E-state index in [1.807, 2.05) is 25.1 Å². The number of nitrogens with one attached hydrogen (secondary N) is 1. The van der Waals surface area contributed by atoms with Crippen molar-refractivity contribution in [2.24, 2.45) is 0 Å². The summed E-state index contributed by atoms with van der Waals surface area (Å²) in [6.07, 6.45) is 1.62. The van der Waals surface area contributed by atoms with Gasteiger partial charge in [0.05, 0.1) is 31.0 Å². The number of nitriles is 1. The van der Waals surface area contributed by atoms with Crippen LogP contribution in [-0.2, 0) is 4.74 Å². The number of hydrogen-bond donors (Lipinski definition) is 1. The Morgan fingerprint density at radius 1 is 1.27 bits per heavy atom. The van der Waals surface area contributed by atoms with Gasteiger partial charge in [-0.05, 0) is 24.3 Å². The van der Waals surface area contributed by atoms with Crippen molar-refractivity contribution in [2.45, 2.75) is 0 Å². The zero-order chi connectivity index (χ0) is 18.5. The molecule has 2 heterocycles. The summed E-state index contributed by atoms with van der Waals surface area (Å²) >= 11 is 0. The number of ether oxygens (including phenoxy) is 1. The second-order valence-electron chi connectivity index (χ2n) is 6.04. The normalized spacial score (nSPS) is 13.8. The Bertz CT molecular complexity index is 823. The van der Waals surface area contributed by atoms with E-state index in [9.17, 15) is 4.79 Å². The smallest absolute Gasteiger partial charge is 0.255 e. The summed E-state index contributed by atoms with van der Waals surface area (Å²) in [4.78, 5) is 25.4. The van der Waals surface area contributed by atoms with Crippen LogP contribution in [0.25, 0.3) is 0 Å². The second kappa shape index (κ2) is 7.80. The van der Waals surface area contributed by atoms with Crippen molar-refractivity contribution in [2.75, 3.05) is 55.5 Å².